The molecule has 1 N–H and O–H groups in total. The van der Waals surface area contributed by atoms with Crippen LogP contribution in [0, 0.1) is 5.82 Å². The van der Waals surface area contributed by atoms with Crippen LogP contribution in [0.5, 0.6) is 5.75 Å². The molecule has 128 valence electrons. The summed E-state index contributed by atoms with van der Waals surface area (Å²) in [5, 5.41) is 3.35. The van der Waals surface area contributed by atoms with Gasteiger partial charge in [-0.3, -0.25) is 9.97 Å². The second kappa shape index (κ2) is 7.19. The predicted molar refractivity (Wildman–Crippen MR) is 100.0 cm³/mol. The molecule has 0 spiro atoms. The van der Waals surface area contributed by atoms with Crippen molar-refractivity contribution in [3.63, 3.8) is 0 Å². The highest BCUT2D eigenvalue weighted by atomic mass is 19.1. The molecule has 0 saturated heterocycles. The van der Waals surface area contributed by atoms with Gasteiger partial charge in [0.2, 0.25) is 0 Å². The van der Waals surface area contributed by atoms with Crippen LogP contribution in [0.15, 0.2) is 79.1 Å². The molecule has 4 rings (SSSR count). The summed E-state index contributed by atoms with van der Waals surface area (Å²) in [6, 6.07) is 19.7. The van der Waals surface area contributed by atoms with Crippen LogP contribution in [-0.4, -0.2) is 9.97 Å². The van der Waals surface area contributed by atoms with Crippen LogP contribution in [0.3, 0.4) is 0 Å². The average Bonchev–Trinajstić information content (AvgIpc) is 2.68. The van der Waals surface area contributed by atoms with Crippen LogP contribution in [-0.2, 0) is 6.61 Å². The van der Waals surface area contributed by atoms with E-state index in [4.69, 9.17) is 4.74 Å². The minimum absolute atomic E-state index is 0.260. The Morgan fingerprint density at radius 2 is 1.77 bits per heavy atom. The quantitative estimate of drug-likeness (QED) is 0.547. The molecule has 4 aromatic rings. The topological polar surface area (TPSA) is 47.0 Å². The van der Waals surface area contributed by atoms with Crippen molar-refractivity contribution in [2.75, 3.05) is 5.32 Å². The van der Waals surface area contributed by atoms with Crippen molar-refractivity contribution >= 4 is 22.4 Å². The van der Waals surface area contributed by atoms with Crippen LogP contribution in [0.1, 0.15) is 5.56 Å². The SMILES string of the molecule is Fc1cccc(COc2ccc(Nc3ccnc4cccnc34)cc2)c1. The van der Waals surface area contributed by atoms with E-state index in [0.29, 0.717) is 6.61 Å². The van der Waals surface area contributed by atoms with Crippen molar-refractivity contribution in [2.45, 2.75) is 6.61 Å². The summed E-state index contributed by atoms with van der Waals surface area (Å²) in [6.45, 7) is 0.323. The molecule has 4 nitrogen and oxygen atoms in total. The van der Waals surface area contributed by atoms with Gasteiger partial charge in [0.1, 0.15) is 23.7 Å². The lowest BCUT2D eigenvalue weighted by Crippen LogP contribution is -1.97. The second-order valence-corrected chi connectivity index (χ2v) is 5.80. The lowest BCUT2D eigenvalue weighted by Gasteiger charge is -2.10. The van der Waals surface area contributed by atoms with Crippen LogP contribution in [0.25, 0.3) is 11.0 Å². The average molecular weight is 345 g/mol. The summed E-state index contributed by atoms with van der Waals surface area (Å²) >= 11 is 0. The van der Waals surface area contributed by atoms with Gasteiger partial charge in [-0.15, -0.1) is 0 Å². The Morgan fingerprint density at radius 3 is 2.62 bits per heavy atom. The number of halogens is 1. The molecular weight excluding hydrogens is 329 g/mol. The van der Waals surface area contributed by atoms with E-state index in [0.717, 1.165) is 33.7 Å². The van der Waals surface area contributed by atoms with Gasteiger partial charge in [-0.05, 0) is 60.2 Å². The molecule has 2 aromatic heterocycles. The van der Waals surface area contributed by atoms with E-state index < -0.39 is 0 Å². The van der Waals surface area contributed by atoms with Gasteiger partial charge in [-0.1, -0.05) is 12.1 Å². The maximum atomic E-state index is 13.2. The van der Waals surface area contributed by atoms with E-state index in [2.05, 4.69) is 15.3 Å². The summed E-state index contributed by atoms with van der Waals surface area (Å²) in [5.41, 5.74) is 4.26. The molecule has 0 unspecified atom stereocenters. The number of aromatic nitrogens is 2. The van der Waals surface area contributed by atoms with E-state index in [9.17, 15) is 4.39 Å². The minimum atomic E-state index is -0.260. The summed E-state index contributed by atoms with van der Waals surface area (Å²) in [5.74, 6) is 0.460. The molecule has 2 heterocycles. The van der Waals surface area contributed by atoms with E-state index in [-0.39, 0.29) is 5.82 Å². The van der Waals surface area contributed by atoms with Gasteiger partial charge in [-0.2, -0.15) is 0 Å². The first-order chi connectivity index (χ1) is 12.8. The van der Waals surface area contributed by atoms with E-state index in [1.165, 1.54) is 12.1 Å². The van der Waals surface area contributed by atoms with Gasteiger partial charge in [0.25, 0.3) is 0 Å². The number of hydrogen-bond donors (Lipinski definition) is 1. The fraction of sp³-hybridized carbons (Fsp3) is 0.0476. The van der Waals surface area contributed by atoms with Crippen molar-refractivity contribution in [3.8, 4) is 5.75 Å². The van der Waals surface area contributed by atoms with Crippen molar-refractivity contribution in [3.05, 3.63) is 90.5 Å². The summed E-state index contributed by atoms with van der Waals surface area (Å²) < 4.78 is 18.9. The molecule has 26 heavy (non-hydrogen) atoms. The minimum Gasteiger partial charge on any atom is -0.489 e. The predicted octanol–water partition coefficient (Wildman–Crippen LogP) is 5.09. The third kappa shape index (κ3) is 3.62. The molecule has 0 aliphatic rings. The van der Waals surface area contributed by atoms with Crippen LogP contribution < -0.4 is 10.1 Å². The second-order valence-electron chi connectivity index (χ2n) is 5.80. The number of rotatable bonds is 5. The molecule has 0 aliphatic carbocycles. The number of nitrogens with one attached hydrogen (secondary N) is 1. The maximum absolute atomic E-state index is 13.2. The van der Waals surface area contributed by atoms with Gasteiger partial charge < -0.3 is 10.1 Å². The highest BCUT2D eigenvalue weighted by Crippen LogP contribution is 2.24. The first kappa shape index (κ1) is 16.0. The van der Waals surface area contributed by atoms with Crippen LogP contribution in [0.2, 0.25) is 0 Å². The molecule has 0 radical (unpaired) electrons. The Balaban J connectivity index is 1.46. The van der Waals surface area contributed by atoms with Crippen molar-refractivity contribution in [2.24, 2.45) is 0 Å². The fourth-order valence-electron chi connectivity index (χ4n) is 2.66. The van der Waals surface area contributed by atoms with Gasteiger partial charge in [-0.25, -0.2) is 4.39 Å². The van der Waals surface area contributed by atoms with Crippen molar-refractivity contribution < 1.29 is 9.13 Å². The van der Waals surface area contributed by atoms with Crippen molar-refractivity contribution in [1.29, 1.82) is 0 Å². The van der Waals surface area contributed by atoms with Gasteiger partial charge >= 0.3 is 0 Å². The third-order valence-electron chi connectivity index (χ3n) is 3.92. The third-order valence-corrected chi connectivity index (χ3v) is 3.92. The molecule has 5 heteroatoms. The largest absolute Gasteiger partial charge is 0.489 e. The molecule has 0 atom stereocenters. The number of benzene rings is 2. The summed E-state index contributed by atoms with van der Waals surface area (Å²) in [6.07, 6.45) is 3.50. The Hall–Kier alpha value is -3.47. The Bertz CT molecular complexity index is 1030. The zero-order valence-electron chi connectivity index (χ0n) is 13.9. The monoisotopic (exact) mass is 345 g/mol. The number of fused-ring (bicyclic) bond motifs is 1. The molecule has 0 aliphatic heterocycles. The molecular formula is C21H16FN3O. The molecule has 0 bridgehead atoms. The summed E-state index contributed by atoms with van der Waals surface area (Å²) in [7, 11) is 0. The first-order valence-corrected chi connectivity index (χ1v) is 8.22. The van der Waals surface area contributed by atoms with Crippen LogP contribution >= 0.6 is 0 Å². The number of anilines is 2. The Labute approximate surface area is 150 Å². The van der Waals surface area contributed by atoms with Crippen molar-refractivity contribution in [1.82, 2.24) is 9.97 Å². The van der Waals surface area contributed by atoms with Gasteiger partial charge in [0, 0.05) is 18.1 Å². The van der Waals surface area contributed by atoms with E-state index in [1.807, 2.05) is 48.5 Å². The highest BCUT2D eigenvalue weighted by molar-refractivity contribution is 5.89. The zero-order chi connectivity index (χ0) is 17.8. The lowest BCUT2D eigenvalue weighted by molar-refractivity contribution is 0.305. The van der Waals surface area contributed by atoms with E-state index >= 15 is 0 Å². The van der Waals surface area contributed by atoms with E-state index in [1.54, 1.807) is 18.5 Å². The molecule has 0 amide bonds. The smallest absolute Gasteiger partial charge is 0.123 e. The fourth-order valence-corrected chi connectivity index (χ4v) is 2.66. The van der Waals surface area contributed by atoms with Gasteiger partial charge in [0.15, 0.2) is 0 Å². The lowest BCUT2D eigenvalue weighted by atomic mass is 10.2. The number of ether oxygens (including phenoxy) is 1. The molecule has 0 fully saturated rings. The standard InChI is InChI=1S/C21H16FN3O/c22-16-4-1-3-15(13-16)14-26-18-8-6-17(7-9-18)25-20-10-12-23-19-5-2-11-24-21(19)20/h1-13H,14H2,(H,23,25). The Kier molecular flexibility index (Phi) is 4.43. The summed E-state index contributed by atoms with van der Waals surface area (Å²) in [4.78, 5) is 8.69. The zero-order valence-corrected chi connectivity index (χ0v) is 13.9. The highest BCUT2D eigenvalue weighted by Gasteiger charge is 2.04. The number of pyridine rings is 2. The number of hydrogen-bond acceptors (Lipinski definition) is 4. The molecule has 2 aromatic carbocycles. The van der Waals surface area contributed by atoms with Gasteiger partial charge in [0.05, 0.1) is 11.2 Å². The normalized spacial score (nSPS) is 10.7. The maximum Gasteiger partial charge on any atom is 0.123 e. The first-order valence-electron chi connectivity index (χ1n) is 8.22. The number of nitrogens with zero attached hydrogens (tertiary/aromatic N) is 2. The molecule has 0 saturated carbocycles. The van der Waals surface area contributed by atoms with Crippen LogP contribution in [0.4, 0.5) is 15.8 Å². The Morgan fingerprint density at radius 1 is 0.885 bits per heavy atom.